The highest BCUT2D eigenvalue weighted by Gasteiger charge is 2.16. The summed E-state index contributed by atoms with van der Waals surface area (Å²) in [6, 6.07) is 4.17. The van der Waals surface area contributed by atoms with Crippen LogP contribution in [0, 0.1) is 5.92 Å². The van der Waals surface area contributed by atoms with Crippen LogP contribution in [0.15, 0.2) is 12.1 Å². The lowest BCUT2D eigenvalue weighted by Crippen LogP contribution is -2.43. The third-order valence-corrected chi connectivity index (χ3v) is 5.30. The van der Waals surface area contributed by atoms with Gasteiger partial charge in [0.15, 0.2) is 0 Å². The van der Waals surface area contributed by atoms with Crippen LogP contribution in [0.3, 0.4) is 0 Å². The quantitative estimate of drug-likeness (QED) is 0.720. The van der Waals surface area contributed by atoms with E-state index in [0.29, 0.717) is 0 Å². The molecule has 142 valence electrons. The number of piperazine rings is 1. The number of nitrogens with zero attached hydrogens (tertiary/aromatic N) is 2. The van der Waals surface area contributed by atoms with E-state index >= 15 is 0 Å². The van der Waals surface area contributed by atoms with Gasteiger partial charge in [0, 0.05) is 32.6 Å². The van der Waals surface area contributed by atoms with E-state index in [-0.39, 0.29) is 24.8 Å². The van der Waals surface area contributed by atoms with Crippen molar-refractivity contribution in [2.45, 2.75) is 39.5 Å². The molecule has 4 nitrogen and oxygen atoms in total. The van der Waals surface area contributed by atoms with Gasteiger partial charge in [-0.15, -0.1) is 24.8 Å². The van der Waals surface area contributed by atoms with Gasteiger partial charge in [0.1, 0.15) is 5.82 Å². The van der Waals surface area contributed by atoms with Crippen molar-refractivity contribution in [1.82, 2.24) is 15.3 Å². The minimum Gasteiger partial charge on any atom is -0.368 e. The molecule has 1 aromatic heterocycles. The Balaban J connectivity index is 0.00000156. The number of hydrogen-bond acceptors (Lipinski definition) is 3. The lowest BCUT2D eigenvalue weighted by molar-refractivity contribution is 0.452. The molecular weight excluding hydrogens is 379 g/mol. The first-order chi connectivity index (χ1) is 11.2. The number of H-pyrrole nitrogens is 1. The number of anilines is 1. The number of imidazole rings is 1. The molecule has 0 unspecified atom stereocenters. The molecule has 2 aromatic rings. The first-order valence-electron chi connectivity index (χ1n) is 8.85. The SMILES string of the molecule is CCC(CC)CCc1nc2cc(N3CCNCC3)c(Cl)cc2[nH]1.Cl.Cl. The van der Waals surface area contributed by atoms with Crippen molar-refractivity contribution >= 4 is 53.1 Å². The topological polar surface area (TPSA) is 44.0 Å². The smallest absolute Gasteiger partial charge is 0.107 e. The van der Waals surface area contributed by atoms with Crippen molar-refractivity contribution in [2.24, 2.45) is 5.92 Å². The maximum Gasteiger partial charge on any atom is 0.107 e. The Hall–Kier alpha value is -0.680. The third-order valence-electron chi connectivity index (χ3n) is 5.00. The third kappa shape index (κ3) is 5.40. The highest BCUT2D eigenvalue weighted by molar-refractivity contribution is 6.34. The van der Waals surface area contributed by atoms with Crippen LogP contribution in [0.4, 0.5) is 5.69 Å². The molecule has 0 amide bonds. The van der Waals surface area contributed by atoms with E-state index in [1.807, 2.05) is 6.07 Å². The molecule has 1 aliphatic heterocycles. The van der Waals surface area contributed by atoms with Gasteiger partial charge in [0.05, 0.1) is 21.7 Å². The number of fused-ring (bicyclic) bond motifs is 1. The van der Waals surface area contributed by atoms with Gasteiger partial charge in [-0.1, -0.05) is 38.3 Å². The van der Waals surface area contributed by atoms with E-state index in [1.54, 1.807) is 0 Å². The second-order valence-electron chi connectivity index (χ2n) is 6.46. The maximum atomic E-state index is 6.51. The molecule has 0 bridgehead atoms. The van der Waals surface area contributed by atoms with Crippen LogP contribution in [-0.4, -0.2) is 36.1 Å². The molecule has 0 spiro atoms. The second kappa shape index (κ2) is 10.5. The van der Waals surface area contributed by atoms with Crippen LogP contribution in [0.1, 0.15) is 38.9 Å². The van der Waals surface area contributed by atoms with Crippen molar-refractivity contribution in [3.63, 3.8) is 0 Å². The highest BCUT2D eigenvalue weighted by atomic mass is 35.5. The van der Waals surface area contributed by atoms with Crippen LogP contribution in [-0.2, 0) is 6.42 Å². The fraction of sp³-hybridized carbons (Fsp3) is 0.611. The predicted octanol–water partition coefficient (Wildman–Crippen LogP) is 4.84. The van der Waals surface area contributed by atoms with E-state index in [9.17, 15) is 0 Å². The summed E-state index contributed by atoms with van der Waals surface area (Å²) in [5, 5.41) is 4.19. The number of aromatic amines is 1. The molecule has 0 atom stereocenters. The normalized spacial score (nSPS) is 14.5. The van der Waals surface area contributed by atoms with Crippen LogP contribution in [0.5, 0.6) is 0 Å². The molecule has 2 N–H and O–H groups in total. The summed E-state index contributed by atoms with van der Waals surface area (Å²) >= 11 is 6.51. The molecule has 0 saturated carbocycles. The van der Waals surface area contributed by atoms with E-state index in [1.165, 1.54) is 19.3 Å². The average Bonchev–Trinajstić information content (AvgIpc) is 2.97. The number of aryl methyl sites for hydroxylation is 1. The minimum absolute atomic E-state index is 0. The van der Waals surface area contributed by atoms with Gasteiger partial charge < -0.3 is 15.2 Å². The van der Waals surface area contributed by atoms with E-state index in [2.05, 4.69) is 35.1 Å². The number of hydrogen-bond donors (Lipinski definition) is 2. The fourth-order valence-electron chi connectivity index (χ4n) is 3.38. The number of nitrogens with one attached hydrogen (secondary N) is 2. The summed E-state index contributed by atoms with van der Waals surface area (Å²) in [5.41, 5.74) is 3.19. The van der Waals surface area contributed by atoms with Crippen molar-refractivity contribution < 1.29 is 0 Å². The highest BCUT2D eigenvalue weighted by Crippen LogP contribution is 2.30. The zero-order valence-corrected chi connectivity index (χ0v) is 17.4. The average molecular weight is 408 g/mol. The summed E-state index contributed by atoms with van der Waals surface area (Å²) in [6.07, 6.45) is 4.71. The number of aromatic nitrogens is 2. The lowest BCUT2D eigenvalue weighted by atomic mass is 9.97. The maximum absolute atomic E-state index is 6.51. The molecule has 2 heterocycles. The lowest BCUT2D eigenvalue weighted by Gasteiger charge is -2.30. The van der Waals surface area contributed by atoms with Gasteiger partial charge in [-0.05, 0) is 24.5 Å². The van der Waals surface area contributed by atoms with E-state index in [4.69, 9.17) is 16.6 Å². The Morgan fingerprint density at radius 3 is 2.48 bits per heavy atom. The summed E-state index contributed by atoms with van der Waals surface area (Å²) < 4.78 is 0. The van der Waals surface area contributed by atoms with E-state index in [0.717, 1.165) is 66.1 Å². The number of halogens is 3. The Kier molecular flexibility index (Phi) is 9.36. The van der Waals surface area contributed by atoms with Crippen LogP contribution in [0.25, 0.3) is 11.0 Å². The van der Waals surface area contributed by atoms with E-state index < -0.39 is 0 Å². The van der Waals surface area contributed by atoms with Gasteiger partial charge in [0.25, 0.3) is 0 Å². The van der Waals surface area contributed by atoms with Crippen molar-refractivity contribution in [3.05, 3.63) is 23.0 Å². The Bertz CT molecular complexity index is 649. The number of benzene rings is 1. The summed E-state index contributed by atoms with van der Waals surface area (Å²) in [5.74, 6) is 1.88. The largest absolute Gasteiger partial charge is 0.368 e. The van der Waals surface area contributed by atoms with Crippen molar-refractivity contribution in [3.8, 4) is 0 Å². The minimum atomic E-state index is 0. The molecule has 1 saturated heterocycles. The zero-order chi connectivity index (χ0) is 16.2. The second-order valence-corrected chi connectivity index (χ2v) is 6.87. The molecule has 25 heavy (non-hydrogen) atoms. The first-order valence-corrected chi connectivity index (χ1v) is 9.22. The molecule has 1 aromatic carbocycles. The fourth-order valence-corrected chi connectivity index (χ4v) is 3.66. The van der Waals surface area contributed by atoms with Crippen LogP contribution >= 0.6 is 36.4 Å². The predicted molar refractivity (Wildman–Crippen MR) is 113 cm³/mol. The summed E-state index contributed by atoms with van der Waals surface area (Å²) in [4.78, 5) is 10.6. The molecule has 3 rings (SSSR count). The molecule has 7 heteroatoms. The van der Waals surface area contributed by atoms with Crippen LogP contribution in [0.2, 0.25) is 5.02 Å². The Labute approximate surface area is 167 Å². The monoisotopic (exact) mass is 406 g/mol. The van der Waals surface area contributed by atoms with Crippen LogP contribution < -0.4 is 10.2 Å². The standard InChI is InChI=1S/C18H27ClN4.2ClH/c1-3-13(4-2)5-6-18-21-15-11-14(19)17(12-16(15)22-18)23-9-7-20-8-10-23;;/h11-13,20H,3-10H2,1-2H3,(H,21,22);2*1H. The molecule has 1 fully saturated rings. The van der Waals surface area contributed by atoms with Gasteiger partial charge in [-0.3, -0.25) is 0 Å². The number of rotatable bonds is 6. The molecule has 1 aliphatic rings. The zero-order valence-electron chi connectivity index (χ0n) is 15.0. The Morgan fingerprint density at radius 2 is 1.84 bits per heavy atom. The molecule has 0 radical (unpaired) electrons. The summed E-state index contributed by atoms with van der Waals surface area (Å²) in [7, 11) is 0. The first kappa shape index (κ1) is 22.4. The van der Waals surface area contributed by atoms with Crippen molar-refractivity contribution in [1.29, 1.82) is 0 Å². The molecule has 0 aliphatic carbocycles. The van der Waals surface area contributed by atoms with Gasteiger partial charge in [0.2, 0.25) is 0 Å². The summed E-state index contributed by atoms with van der Waals surface area (Å²) in [6.45, 7) is 8.55. The van der Waals surface area contributed by atoms with Gasteiger partial charge in [-0.2, -0.15) is 0 Å². The van der Waals surface area contributed by atoms with Gasteiger partial charge in [-0.25, -0.2) is 4.98 Å². The van der Waals surface area contributed by atoms with Gasteiger partial charge >= 0.3 is 0 Å². The molecular formula is C18H29Cl3N4. The van der Waals surface area contributed by atoms with Crippen molar-refractivity contribution in [2.75, 3.05) is 31.1 Å². The Morgan fingerprint density at radius 1 is 1.16 bits per heavy atom.